The molecule has 2 aliphatic heterocycles. The number of nitrogens with one attached hydrogen (secondary N) is 1. The zero-order valence-corrected chi connectivity index (χ0v) is 21.5. The predicted octanol–water partition coefficient (Wildman–Crippen LogP) is 2.62. The number of amides is 1. The first-order valence-corrected chi connectivity index (χ1v) is 13.9. The highest BCUT2D eigenvalue weighted by atomic mass is 32.2. The summed E-state index contributed by atoms with van der Waals surface area (Å²) < 4.78 is 52.2. The molecule has 39 heavy (non-hydrogen) atoms. The quantitative estimate of drug-likeness (QED) is 0.376. The fourth-order valence-electron chi connectivity index (χ4n) is 5.26. The van der Waals surface area contributed by atoms with Gasteiger partial charge in [0.15, 0.2) is 0 Å². The van der Waals surface area contributed by atoms with E-state index in [9.17, 15) is 22.0 Å². The summed E-state index contributed by atoms with van der Waals surface area (Å²) in [5.41, 5.74) is 2.46. The zero-order valence-electron chi connectivity index (χ0n) is 20.7. The van der Waals surface area contributed by atoms with Crippen LogP contribution in [0.1, 0.15) is 34.8 Å². The molecule has 0 radical (unpaired) electrons. The van der Waals surface area contributed by atoms with Gasteiger partial charge >= 0.3 is 0 Å². The number of sulfonamides is 1. The monoisotopic (exact) mass is 553 g/mol. The number of primary sulfonamides is 1. The number of rotatable bonds is 6. The molecule has 4 aromatic rings. The molecule has 13 heteroatoms. The van der Waals surface area contributed by atoms with Crippen LogP contribution in [0.2, 0.25) is 0 Å². The Kier molecular flexibility index (Phi) is 6.19. The van der Waals surface area contributed by atoms with Gasteiger partial charge in [0.05, 0.1) is 29.4 Å². The number of hydrogen-bond acceptors (Lipinski definition) is 7. The SMILES string of the molecule is NS(=O)(=O)c1ccc(N2CC(NC(=O)c3cnn4ccc(N5CCCC5c5cc(F)cc(F)c5)cc34)C2)nc1. The molecule has 2 saturated heterocycles. The third-order valence-corrected chi connectivity index (χ3v) is 8.09. The van der Waals surface area contributed by atoms with Gasteiger partial charge in [-0.3, -0.25) is 4.79 Å². The topological polar surface area (TPSA) is 126 Å². The molecule has 0 saturated carbocycles. The normalized spacial score (nSPS) is 18.0. The van der Waals surface area contributed by atoms with Gasteiger partial charge in [-0.25, -0.2) is 31.8 Å². The van der Waals surface area contributed by atoms with Gasteiger partial charge in [-0.05, 0) is 54.8 Å². The van der Waals surface area contributed by atoms with Gasteiger partial charge in [0, 0.05) is 43.8 Å². The first-order chi connectivity index (χ1) is 18.7. The lowest BCUT2D eigenvalue weighted by atomic mass is 10.0. The minimum atomic E-state index is -3.81. The van der Waals surface area contributed by atoms with Crippen molar-refractivity contribution in [2.24, 2.45) is 5.14 Å². The molecular formula is C26H25F2N7O3S. The molecule has 6 rings (SSSR count). The van der Waals surface area contributed by atoms with Gasteiger partial charge in [-0.15, -0.1) is 0 Å². The Hall–Kier alpha value is -4.10. The maximum Gasteiger partial charge on any atom is 0.255 e. The van der Waals surface area contributed by atoms with Crippen molar-refractivity contribution >= 4 is 33.0 Å². The molecule has 0 aliphatic carbocycles. The molecule has 2 aliphatic rings. The van der Waals surface area contributed by atoms with E-state index in [1.54, 1.807) is 16.8 Å². The van der Waals surface area contributed by atoms with Gasteiger partial charge in [0.1, 0.15) is 22.3 Å². The van der Waals surface area contributed by atoms with E-state index in [2.05, 4.69) is 20.3 Å². The predicted molar refractivity (Wildman–Crippen MR) is 140 cm³/mol. The summed E-state index contributed by atoms with van der Waals surface area (Å²) >= 11 is 0. The van der Waals surface area contributed by atoms with E-state index < -0.39 is 21.7 Å². The summed E-state index contributed by atoms with van der Waals surface area (Å²) in [5.74, 6) is -0.887. The molecule has 0 spiro atoms. The summed E-state index contributed by atoms with van der Waals surface area (Å²) in [6, 6.07) is 10.0. The minimum Gasteiger partial charge on any atom is -0.364 e. The number of benzene rings is 1. The van der Waals surface area contributed by atoms with Crippen LogP contribution in [0, 0.1) is 11.6 Å². The molecule has 3 N–H and O–H groups in total. The number of nitrogens with two attached hydrogens (primary N) is 1. The van der Waals surface area contributed by atoms with Crippen LogP contribution < -0.4 is 20.3 Å². The molecule has 1 unspecified atom stereocenters. The summed E-state index contributed by atoms with van der Waals surface area (Å²) in [4.78, 5) is 21.2. The lowest BCUT2D eigenvalue weighted by molar-refractivity contribution is 0.0931. The van der Waals surface area contributed by atoms with Crippen LogP contribution in [0.25, 0.3) is 5.52 Å². The second-order valence-electron chi connectivity index (χ2n) is 9.80. The van der Waals surface area contributed by atoms with Crippen molar-refractivity contribution in [3.8, 4) is 0 Å². The summed E-state index contributed by atoms with van der Waals surface area (Å²) in [6.45, 7) is 1.74. The number of aromatic nitrogens is 3. The third kappa shape index (κ3) is 4.90. The molecule has 1 amide bonds. The average molecular weight is 554 g/mol. The highest BCUT2D eigenvalue weighted by molar-refractivity contribution is 7.89. The van der Waals surface area contributed by atoms with Gasteiger partial charge in [-0.1, -0.05) is 0 Å². The molecule has 10 nitrogen and oxygen atoms in total. The molecule has 3 aromatic heterocycles. The Morgan fingerprint density at radius 2 is 1.82 bits per heavy atom. The smallest absolute Gasteiger partial charge is 0.255 e. The van der Waals surface area contributed by atoms with Gasteiger partial charge in [-0.2, -0.15) is 5.10 Å². The van der Waals surface area contributed by atoms with Crippen molar-refractivity contribution in [2.45, 2.75) is 29.8 Å². The lowest BCUT2D eigenvalue weighted by Gasteiger charge is -2.40. The molecule has 5 heterocycles. The van der Waals surface area contributed by atoms with Crippen LogP contribution in [0.15, 0.2) is 66.0 Å². The van der Waals surface area contributed by atoms with E-state index in [0.717, 1.165) is 31.1 Å². The van der Waals surface area contributed by atoms with E-state index in [4.69, 9.17) is 5.14 Å². The van der Waals surface area contributed by atoms with Crippen molar-refractivity contribution in [1.82, 2.24) is 19.9 Å². The largest absolute Gasteiger partial charge is 0.364 e. The zero-order chi connectivity index (χ0) is 27.3. The standard InChI is InChI=1S/C26H25F2N7O3S/c27-17-8-16(9-18(28)10-17)23-2-1-6-34(23)20-5-7-35-24(11-20)22(13-31-35)26(36)32-19-14-33(15-19)25-4-3-21(12-30-25)39(29,37)38/h3-5,7-13,19,23H,1-2,6,14-15H2,(H,32,36)(H2,29,37,38). The van der Waals surface area contributed by atoms with Gasteiger partial charge in [0.25, 0.3) is 5.91 Å². The highest BCUT2D eigenvalue weighted by Gasteiger charge is 2.31. The first-order valence-electron chi connectivity index (χ1n) is 12.4. The fourth-order valence-corrected chi connectivity index (χ4v) is 5.72. The highest BCUT2D eigenvalue weighted by Crippen LogP contribution is 2.37. The minimum absolute atomic E-state index is 0.0626. The molecule has 202 valence electrons. The van der Waals surface area contributed by atoms with E-state index in [0.29, 0.717) is 35.6 Å². The van der Waals surface area contributed by atoms with Crippen LogP contribution in [-0.2, 0) is 10.0 Å². The van der Waals surface area contributed by atoms with Crippen LogP contribution in [0.4, 0.5) is 20.3 Å². The number of halogens is 2. The van der Waals surface area contributed by atoms with Crippen LogP contribution in [-0.4, -0.2) is 54.6 Å². The Bertz CT molecular complexity index is 1650. The fraction of sp³-hybridized carbons (Fsp3) is 0.269. The molecule has 2 fully saturated rings. The molecule has 1 atom stereocenters. The Balaban J connectivity index is 1.16. The van der Waals surface area contributed by atoms with Crippen LogP contribution in [0.5, 0.6) is 0 Å². The van der Waals surface area contributed by atoms with Crippen molar-refractivity contribution < 1.29 is 22.0 Å². The molecule has 0 bridgehead atoms. The second kappa shape index (κ2) is 9.58. The second-order valence-corrected chi connectivity index (χ2v) is 11.4. The van der Waals surface area contributed by atoms with Gasteiger partial charge < -0.3 is 15.1 Å². The Morgan fingerprint density at radius 3 is 2.51 bits per heavy atom. The number of pyridine rings is 2. The van der Waals surface area contributed by atoms with Gasteiger partial charge in [0.2, 0.25) is 10.0 Å². The van der Waals surface area contributed by atoms with Crippen molar-refractivity contribution in [2.75, 3.05) is 29.4 Å². The number of nitrogens with zero attached hydrogens (tertiary/aromatic N) is 5. The van der Waals surface area contributed by atoms with Crippen LogP contribution in [0.3, 0.4) is 0 Å². The lowest BCUT2D eigenvalue weighted by Crippen LogP contribution is -2.59. The van der Waals surface area contributed by atoms with E-state index in [-0.39, 0.29) is 22.9 Å². The van der Waals surface area contributed by atoms with E-state index >= 15 is 0 Å². The molecule has 1 aromatic carbocycles. The number of carbonyl (C=O) groups excluding carboxylic acids is 1. The average Bonchev–Trinajstić information content (AvgIpc) is 3.52. The molecular weight excluding hydrogens is 528 g/mol. The summed E-state index contributed by atoms with van der Waals surface area (Å²) in [6.07, 6.45) is 6.13. The maximum absolute atomic E-state index is 13.9. The Labute approximate surface area is 223 Å². The first kappa shape index (κ1) is 25.2. The van der Waals surface area contributed by atoms with Crippen molar-refractivity contribution in [3.05, 3.63) is 83.8 Å². The number of carbonyl (C=O) groups is 1. The van der Waals surface area contributed by atoms with Crippen LogP contribution >= 0.6 is 0 Å². The number of anilines is 2. The van der Waals surface area contributed by atoms with Crippen molar-refractivity contribution in [1.29, 1.82) is 0 Å². The number of fused-ring (bicyclic) bond motifs is 1. The number of hydrogen-bond donors (Lipinski definition) is 2. The Morgan fingerprint density at radius 1 is 1.05 bits per heavy atom. The third-order valence-electron chi connectivity index (χ3n) is 7.19. The summed E-state index contributed by atoms with van der Waals surface area (Å²) in [7, 11) is -3.81. The summed E-state index contributed by atoms with van der Waals surface area (Å²) in [5, 5.41) is 12.4. The van der Waals surface area contributed by atoms with E-state index in [1.165, 1.54) is 30.6 Å². The van der Waals surface area contributed by atoms with E-state index in [1.807, 2.05) is 17.0 Å². The maximum atomic E-state index is 13.9. The van der Waals surface area contributed by atoms with Crippen molar-refractivity contribution in [3.63, 3.8) is 0 Å².